The highest BCUT2D eigenvalue weighted by molar-refractivity contribution is 7.18. The van der Waals surface area contributed by atoms with Gasteiger partial charge in [-0.25, -0.2) is 18.4 Å². The highest BCUT2D eigenvalue weighted by Crippen LogP contribution is 2.33. The van der Waals surface area contributed by atoms with Crippen LogP contribution in [0.5, 0.6) is 0 Å². The first kappa shape index (κ1) is 24.2. The molecule has 0 saturated heterocycles. The molecule has 0 saturated carbocycles. The minimum atomic E-state index is -1.31. The number of halogens is 3. The molecular formula is C19H17ClF2N2O6S. The number of hydrogen-bond acceptors (Lipinski definition) is 7. The molecule has 0 spiro atoms. The Morgan fingerprint density at radius 3 is 2.35 bits per heavy atom. The Bertz CT molecular complexity index is 1060. The van der Waals surface area contributed by atoms with Gasteiger partial charge < -0.3 is 20.1 Å². The standard InChI is InChI=1S/C19H17ClF2N2O6S/c1-4-29-19(28)14-8(2)15(16(26)23-3)31-17(14)24-13(25)7-30-18(27)9-5-11(21)12(22)6-10(9)20/h5-6H,4,7H2,1-3H3,(H,23,26)(H,24,25). The van der Waals surface area contributed by atoms with Crippen molar-refractivity contribution in [2.24, 2.45) is 0 Å². The van der Waals surface area contributed by atoms with E-state index in [1.165, 1.54) is 14.0 Å². The summed E-state index contributed by atoms with van der Waals surface area (Å²) in [5, 5.41) is 4.45. The quantitative estimate of drug-likeness (QED) is 0.470. The van der Waals surface area contributed by atoms with E-state index >= 15 is 0 Å². The van der Waals surface area contributed by atoms with Crippen LogP contribution in [0, 0.1) is 18.6 Å². The molecule has 0 aliphatic carbocycles. The maximum absolute atomic E-state index is 13.3. The van der Waals surface area contributed by atoms with E-state index in [1.54, 1.807) is 6.92 Å². The number of carbonyl (C=O) groups excluding carboxylic acids is 4. The number of carbonyl (C=O) groups is 4. The second-order valence-electron chi connectivity index (χ2n) is 5.93. The molecule has 0 aliphatic heterocycles. The summed E-state index contributed by atoms with van der Waals surface area (Å²) < 4.78 is 36.2. The molecule has 166 valence electrons. The Morgan fingerprint density at radius 1 is 1.10 bits per heavy atom. The SMILES string of the molecule is CCOC(=O)c1c(NC(=O)COC(=O)c2cc(F)c(F)cc2Cl)sc(C(=O)NC)c1C. The highest BCUT2D eigenvalue weighted by Gasteiger charge is 2.26. The van der Waals surface area contributed by atoms with Gasteiger partial charge in [0.25, 0.3) is 11.8 Å². The molecule has 0 fully saturated rings. The van der Waals surface area contributed by atoms with Gasteiger partial charge in [0.1, 0.15) is 5.00 Å². The molecule has 1 aromatic carbocycles. The Balaban J connectivity index is 2.18. The molecule has 0 atom stereocenters. The number of esters is 2. The number of rotatable bonds is 7. The summed E-state index contributed by atoms with van der Waals surface area (Å²) in [5.41, 5.74) is -0.160. The van der Waals surface area contributed by atoms with Gasteiger partial charge in [-0.05, 0) is 31.5 Å². The maximum Gasteiger partial charge on any atom is 0.341 e. The molecule has 12 heteroatoms. The van der Waals surface area contributed by atoms with Crippen LogP contribution >= 0.6 is 22.9 Å². The van der Waals surface area contributed by atoms with Crippen molar-refractivity contribution in [3.8, 4) is 0 Å². The summed E-state index contributed by atoms with van der Waals surface area (Å²) in [6.07, 6.45) is 0. The Morgan fingerprint density at radius 2 is 1.74 bits per heavy atom. The number of ether oxygens (including phenoxy) is 2. The van der Waals surface area contributed by atoms with Crippen molar-refractivity contribution in [1.29, 1.82) is 0 Å². The van der Waals surface area contributed by atoms with Crippen molar-refractivity contribution in [3.63, 3.8) is 0 Å². The van der Waals surface area contributed by atoms with Gasteiger partial charge >= 0.3 is 11.9 Å². The van der Waals surface area contributed by atoms with Crippen LogP contribution < -0.4 is 10.6 Å². The first-order valence-electron chi connectivity index (χ1n) is 8.74. The van der Waals surface area contributed by atoms with E-state index < -0.39 is 52.6 Å². The van der Waals surface area contributed by atoms with Gasteiger partial charge in [0.05, 0.1) is 27.6 Å². The topological polar surface area (TPSA) is 111 Å². The van der Waals surface area contributed by atoms with E-state index in [0.717, 1.165) is 11.3 Å². The highest BCUT2D eigenvalue weighted by atomic mass is 35.5. The van der Waals surface area contributed by atoms with Crippen LogP contribution in [-0.2, 0) is 14.3 Å². The first-order chi connectivity index (χ1) is 14.6. The zero-order valence-corrected chi connectivity index (χ0v) is 18.1. The van der Waals surface area contributed by atoms with Gasteiger partial charge in [0, 0.05) is 7.05 Å². The van der Waals surface area contributed by atoms with Crippen LogP contribution in [0.2, 0.25) is 5.02 Å². The number of anilines is 1. The molecule has 2 N–H and O–H groups in total. The largest absolute Gasteiger partial charge is 0.462 e. The molecular weight excluding hydrogens is 458 g/mol. The third-order valence-corrected chi connectivity index (χ3v) is 5.40. The molecule has 2 aromatic rings. The average Bonchev–Trinajstić information content (AvgIpc) is 3.04. The minimum absolute atomic E-state index is 0.00576. The van der Waals surface area contributed by atoms with Gasteiger partial charge in [0.2, 0.25) is 0 Å². The minimum Gasteiger partial charge on any atom is -0.462 e. The molecule has 1 aromatic heterocycles. The Labute approximate surface area is 184 Å². The van der Waals surface area contributed by atoms with E-state index in [1.807, 2.05) is 0 Å². The zero-order chi connectivity index (χ0) is 23.3. The van der Waals surface area contributed by atoms with Crippen LogP contribution in [0.3, 0.4) is 0 Å². The zero-order valence-electron chi connectivity index (χ0n) is 16.6. The first-order valence-corrected chi connectivity index (χ1v) is 9.94. The molecule has 0 bridgehead atoms. The van der Waals surface area contributed by atoms with Crippen LogP contribution in [0.15, 0.2) is 12.1 Å². The summed E-state index contributed by atoms with van der Waals surface area (Å²) >= 11 is 6.53. The Kier molecular flexibility index (Phi) is 8.06. The molecule has 1 heterocycles. The molecule has 31 heavy (non-hydrogen) atoms. The van der Waals surface area contributed by atoms with Crippen LogP contribution in [0.4, 0.5) is 13.8 Å². The van der Waals surface area contributed by atoms with Gasteiger partial charge in [-0.2, -0.15) is 0 Å². The summed E-state index contributed by atoms with van der Waals surface area (Å²) in [6, 6.07) is 1.16. The smallest absolute Gasteiger partial charge is 0.341 e. The number of thiophene rings is 1. The third kappa shape index (κ3) is 5.56. The third-order valence-electron chi connectivity index (χ3n) is 3.88. The number of hydrogen-bond donors (Lipinski definition) is 2. The van der Waals surface area contributed by atoms with E-state index in [9.17, 15) is 28.0 Å². The Hall–Kier alpha value is -3.05. The molecule has 2 amide bonds. The molecule has 8 nitrogen and oxygen atoms in total. The van der Waals surface area contributed by atoms with Gasteiger partial charge in [0.15, 0.2) is 18.2 Å². The van der Waals surface area contributed by atoms with E-state index in [-0.39, 0.29) is 22.0 Å². The van der Waals surface area contributed by atoms with E-state index in [2.05, 4.69) is 10.6 Å². The lowest BCUT2D eigenvalue weighted by Crippen LogP contribution is -2.22. The average molecular weight is 475 g/mol. The monoisotopic (exact) mass is 474 g/mol. The predicted molar refractivity (Wildman–Crippen MR) is 109 cm³/mol. The summed E-state index contributed by atoms with van der Waals surface area (Å²) in [7, 11) is 1.41. The fourth-order valence-corrected chi connectivity index (χ4v) is 3.82. The van der Waals surface area contributed by atoms with Crippen molar-refractivity contribution in [2.75, 3.05) is 25.6 Å². The van der Waals surface area contributed by atoms with Crippen LogP contribution in [-0.4, -0.2) is 44.0 Å². The van der Waals surface area contributed by atoms with Gasteiger partial charge in [-0.1, -0.05) is 11.6 Å². The molecule has 2 rings (SSSR count). The van der Waals surface area contributed by atoms with E-state index in [0.29, 0.717) is 17.7 Å². The van der Waals surface area contributed by atoms with Gasteiger partial charge in [-0.3, -0.25) is 9.59 Å². The van der Waals surface area contributed by atoms with Crippen molar-refractivity contribution in [3.05, 3.63) is 50.4 Å². The summed E-state index contributed by atoms with van der Waals surface area (Å²) in [6.45, 7) is 2.38. The van der Waals surface area contributed by atoms with Gasteiger partial charge in [-0.15, -0.1) is 11.3 Å². The molecule has 0 aliphatic rings. The lowest BCUT2D eigenvalue weighted by Gasteiger charge is -2.09. The molecule has 0 radical (unpaired) electrons. The van der Waals surface area contributed by atoms with Crippen molar-refractivity contribution in [2.45, 2.75) is 13.8 Å². The fourth-order valence-electron chi connectivity index (χ4n) is 2.43. The summed E-state index contributed by atoms with van der Waals surface area (Å²) in [4.78, 5) is 48.8. The van der Waals surface area contributed by atoms with Crippen LogP contribution in [0.1, 0.15) is 42.9 Å². The van der Waals surface area contributed by atoms with Crippen molar-refractivity contribution in [1.82, 2.24) is 5.32 Å². The normalized spacial score (nSPS) is 10.4. The fraction of sp³-hybridized carbons (Fsp3) is 0.263. The lowest BCUT2D eigenvalue weighted by molar-refractivity contribution is -0.119. The number of benzene rings is 1. The number of amides is 2. The summed E-state index contributed by atoms with van der Waals surface area (Å²) in [5.74, 6) is -5.76. The van der Waals surface area contributed by atoms with Crippen molar-refractivity contribution >= 4 is 51.7 Å². The molecule has 0 unspecified atom stereocenters. The van der Waals surface area contributed by atoms with Crippen LogP contribution in [0.25, 0.3) is 0 Å². The van der Waals surface area contributed by atoms with E-state index in [4.69, 9.17) is 21.1 Å². The maximum atomic E-state index is 13.3. The second-order valence-corrected chi connectivity index (χ2v) is 7.36. The predicted octanol–water partition coefficient (Wildman–Crippen LogP) is 3.32. The number of nitrogens with one attached hydrogen (secondary N) is 2. The second kappa shape index (κ2) is 10.3. The lowest BCUT2D eigenvalue weighted by atomic mass is 10.1. The van der Waals surface area contributed by atoms with Crippen molar-refractivity contribution < 1.29 is 37.4 Å².